The highest BCUT2D eigenvalue weighted by Gasteiger charge is 2.06. The molecule has 5 nitrogen and oxygen atoms in total. The molecule has 2 amide bonds. The zero-order valence-electron chi connectivity index (χ0n) is 15.1. The Balaban J connectivity index is 1.79. The summed E-state index contributed by atoms with van der Waals surface area (Å²) in [6.07, 6.45) is 2.43. The molecular weight excluding hydrogens is 348 g/mol. The summed E-state index contributed by atoms with van der Waals surface area (Å²) in [5, 5.41) is 5.72. The van der Waals surface area contributed by atoms with Crippen molar-refractivity contribution >= 4 is 35.0 Å². The quantitative estimate of drug-likeness (QED) is 0.634. The van der Waals surface area contributed by atoms with E-state index in [0.717, 1.165) is 23.4 Å². The Bertz CT molecular complexity index is 732. The van der Waals surface area contributed by atoms with Crippen molar-refractivity contribution in [3.05, 3.63) is 48.5 Å². The van der Waals surface area contributed by atoms with Crippen molar-refractivity contribution < 1.29 is 14.3 Å². The van der Waals surface area contributed by atoms with Crippen molar-refractivity contribution in [1.82, 2.24) is 0 Å². The lowest BCUT2D eigenvalue weighted by atomic mass is 10.2. The number of hydrogen-bond donors (Lipinski definition) is 2. The van der Waals surface area contributed by atoms with Gasteiger partial charge in [-0.05, 0) is 42.8 Å². The summed E-state index contributed by atoms with van der Waals surface area (Å²) in [6.45, 7) is 2.06. The van der Waals surface area contributed by atoms with Gasteiger partial charge >= 0.3 is 0 Å². The molecule has 2 rings (SSSR count). The molecule has 0 bridgehead atoms. The molecule has 2 N–H and O–H groups in total. The molecule has 2 aromatic carbocycles. The third-order valence-electron chi connectivity index (χ3n) is 3.62. The van der Waals surface area contributed by atoms with Crippen LogP contribution in [0, 0.1) is 0 Å². The maximum atomic E-state index is 12.1. The molecule has 138 valence electrons. The number of methoxy groups -OCH3 is 1. The van der Waals surface area contributed by atoms with Gasteiger partial charge in [0, 0.05) is 28.8 Å². The fourth-order valence-electron chi connectivity index (χ4n) is 2.24. The summed E-state index contributed by atoms with van der Waals surface area (Å²) >= 11 is 1.44. The van der Waals surface area contributed by atoms with E-state index in [2.05, 4.69) is 17.6 Å². The van der Waals surface area contributed by atoms with Crippen molar-refractivity contribution in [2.75, 3.05) is 23.5 Å². The van der Waals surface area contributed by atoms with Crippen LogP contribution in [0.25, 0.3) is 0 Å². The van der Waals surface area contributed by atoms with Crippen LogP contribution >= 0.6 is 11.8 Å². The van der Waals surface area contributed by atoms with Gasteiger partial charge in [0.15, 0.2) is 0 Å². The largest absolute Gasteiger partial charge is 0.497 e. The van der Waals surface area contributed by atoms with Gasteiger partial charge < -0.3 is 15.4 Å². The lowest BCUT2D eigenvalue weighted by Crippen LogP contribution is -2.14. The predicted molar refractivity (Wildman–Crippen MR) is 107 cm³/mol. The van der Waals surface area contributed by atoms with Gasteiger partial charge in [0.25, 0.3) is 0 Å². The molecule has 0 unspecified atom stereocenters. The zero-order chi connectivity index (χ0) is 18.8. The van der Waals surface area contributed by atoms with Crippen molar-refractivity contribution in [3.8, 4) is 5.75 Å². The normalized spacial score (nSPS) is 10.2. The van der Waals surface area contributed by atoms with Crippen LogP contribution in [0.5, 0.6) is 5.75 Å². The summed E-state index contributed by atoms with van der Waals surface area (Å²) in [5.74, 6) is 0.955. The van der Waals surface area contributed by atoms with Gasteiger partial charge in [-0.15, -0.1) is 11.8 Å². The molecule has 0 spiro atoms. The molecule has 0 atom stereocenters. The molecule has 0 saturated heterocycles. The summed E-state index contributed by atoms with van der Waals surface area (Å²) in [4.78, 5) is 24.8. The molecule has 0 heterocycles. The molecule has 0 radical (unpaired) electrons. The second kappa shape index (κ2) is 10.5. The van der Waals surface area contributed by atoms with E-state index in [1.54, 1.807) is 13.2 Å². The Hall–Kier alpha value is -2.47. The van der Waals surface area contributed by atoms with Crippen LogP contribution in [0.4, 0.5) is 11.4 Å². The van der Waals surface area contributed by atoms with E-state index in [1.165, 1.54) is 11.8 Å². The maximum absolute atomic E-state index is 12.1. The van der Waals surface area contributed by atoms with Gasteiger partial charge in [0.1, 0.15) is 5.75 Å². The van der Waals surface area contributed by atoms with Gasteiger partial charge in [-0.1, -0.05) is 19.4 Å². The van der Waals surface area contributed by atoms with Crippen LogP contribution in [-0.2, 0) is 9.59 Å². The highest BCUT2D eigenvalue weighted by atomic mass is 32.2. The zero-order valence-corrected chi connectivity index (χ0v) is 15.9. The highest BCUT2D eigenvalue weighted by Crippen LogP contribution is 2.22. The number of benzene rings is 2. The van der Waals surface area contributed by atoms with Crippen molar-refractivity contribution in [2.45, 2.75) is 31.1 Å². The van der Waals surface area contributed by atoms with Crippen molar-refractivity contribution in [3.63, 3.8) is 0 Å². The van der Waals surface area contributed by atoms with E-state index >= 15 is 0 Å². The van der Waals surface area contributed by atoms with Crippen LogP contribution in [0.2, 0.25) is 0 Å². The molecule has 0 aliphatic heterocycles. The first kappa shape index (κ1) is 19.8. The molecule has 0 aliphatic rings. The van der Waals surface area contributed by atoms with E-state index in [0.29, 0.717) is 23.6 Å². The Morgan fingerprint density at radius 1 is 1.00 bits per heavy atom. The fraction of sp³-hybridized carbons (Fsp3) is 0.300. The fourth-order valence-corrected chi connectivity index (χ4v) is 2.94. The van der Waals surface area contributed by atoms with Gasteiger partial charge in [0.05, 0.1) is 12.9 Å². The maximum Gasteiger partial charge on any atom is 0.234 e. The lowest BCUT2D eigenvalue weighted by Gasteiger charge is -2.08. The van der Waals surface area contributed by atoms with Crippen LogP contribution in [-0.4, -0.2) is 24.7 Å². The Kier molecular flexibility index (Phi) is 8.02. The predicted octanol–water partition coefficient (Wildman–Crippen LogP) is 4.55. The number of unbranched alkanes of at least 4 members (excludes halogenated alkanes) is 1. The van der Waals surface area contributed by atoms with Crippen LogP contribution < -0.4 is 15.4 Å². The Morgan fingerprint density at radius 3 is 2.42 bits per heavy atom. The number of carbonyl (C=O) groups is 2. The SMILES string of the molecule is CCCCC(=O)Nc1ccc(SCC(=O)Nc2cccc(OC)c2)cc1. The molecule has 0 saturated carbocycles. The summed E-state index contributed by atoms with van der Waals surface area (Å²) in [7, 11) is 1.59. The minimum atomic E-state index is -0.0832. The summed E-state index contributed by atoms with van der Waals surface area (Å²) in [6, 6.07) is 14.8. The summed E-state index contributed by atoms with van der Waals surface area (Å²) < 4.78 is 5.14. The molecule has 2 aromatic rings. The van der Waals surface area contributed by atoms with Crippen LogP contribution in [0.3, 0.4) is 0 Å². The first-order valence-electron chi connectivity index (χ1n) is 8.57. The van der Waals surface area contributed by atoms with Crippen molar-refractivity contribution in [2.24, 2.45) is 0 Å². The van der Waals surface area contributed by atoms with E-state index in [9.17, 15) is 9.59 Å². The highest BCUT2D eigenvalue weighted by molar-refractivity contribution is 8.00. The van der Waals surface area contributed by atoms with Gasteiger partial charge in [-0.3, -0.25) is 9.59 Å². The number of ether oxygens (including phenoxy) is 1. The standard InChI is InChI=1S/C20H24N2O3S/c1-3-4-8-19(23)21-15-9-11-18(12-10-15)26-14-20(24)22-16-6-5-7-17(13-16)25-2/h5-7,9-13H,3-4,8,14H2,1-2H3,(H,21,23)(H,22,24). The number of thioether (sulfide) groups is 1. The average molecular weight is 372 g/mol. The molecule has 0 aromatic heterocycles. The molecule has 6 heteroatoms. The molecule has 0 aliphatic carbocycles. The topological polar surface area (TPSA) is 67.4 Å². The van der Waals surface area contributed by atoms with E-state index in [4.69, 9.17) is 4.74 Å². The second-order valence-corrected chi connectivity index (χ2v) is 6.79. The Morgan fingerprint density at radius 2 is 1.73 bits per heavy atom. The molecular formula is C20H24N2O3S. The van der Waals surface area contributed by atoms with Gasteiger partial charge in [-0.2, -0.15) is 0 Å². The minimum absolute atomic E-state index is 0.0323. The van der Waals surface area contributed by atoms with Gasteiger partial charge in [-0.25, -0.2) is 0 Å². The molecule has 26 heavy (non-hydrogen) atoms. The van der Waals surface area contributed by atoms with E-state index < -0.39 is 0 Å². The average Bonchev–Trinajstić information content (AvgIpc) is 2.66. The molecule has 0 fully saturated rings. The summed E-state index contributed by atoms with van der Waals surface area (Å²) in [5.41, 5.74) is 1.48. The van der Waals surface area contributed by atoms with E-state index in [-0.39, 0.29) is 11.8 Å². The first-order valence-corrected chi connectivity index (χ1v) is 9.56. The number of anilines is 2. The number of amides is 2. The number of hydrogen-bond acceptors (Lipinski definition) is 4. The number of rotatable bonds is 9. The Labute approximate surface area is 158 Å². The third kappa shape index (κ3) is 6.80. The lowest BCUT2D eigenvalue weighted by molar-refractivity contribution is -0.116. The number of nitrogens with one attached hydrogen (secondary N) is 2. The van der Waals surface area contributed by atoms with Crippen LogP contribution in [0.1, 0.15) is 26.2 Å². The monoisotopic (exact) mass is 372 g/mol. The van der Waals surface area contributed by atoms with Crippen molar-refractivity contribution in [1.29, 1.82) is 0 Å². The smallest absolute Gasteiger partial charge is 0.234 e. The van der Waals surface area contributed by atoms with Gasteiger partial charge in [0.2, 0.25) is 11.8 Å². The second-order valence-electron chi connectivity index (χ2n) is 5.74. The first-order chi connectivity index (χ1) is 12.6. The minimum Gasteiger partial charge on any atom is -0.497 e. The van der Waals surface area contributed by atoms with Crippen LogP contribution in [0.15, 0.2) is 53.4 Å². The number of carbonyl (C=O) groups excluding carboxylic acids is 2. The van der Waals surface area contributed by atoms with E-state index in [1.807, 2.05) is 42.5 Å². The third-order valence-corrected chi connectivity index (χ3v) is 4.63.